The molecule has 0 saturated heterocycles. The standard InChI is InChI=1S/C17H22N2O/c1-12(2)13-8-10-14(11-9-13)17(19-18)15-6-4-5-7-16(15)20-3/h4-12,17,19H,18H2,1-3H3. The number of benzene rings is 2. The highest BCUT2D eigenvalue weighted by molar-refractivity contribution is 5.42. The van der Waals surface area contributed by atoms with E-state index in [1.54, 1.807) is 7.11 Å². The fraction of sp³-hybridized carbons (Fsp3) is 0.294. The van der Waals surface area contributed by atoms with Crippen molar-refractivity contribution >= 4 is 0 Å². The molecule has 0 spiro atoms. The average molecular weight is 270 g/mol. The van der Waals surface area contributed by atoms with Gasteiger partial charge in [0.25, 0.3) is 0 Å². The molecule has 0 saturated carbocycles. The van der Waals surface area contributed by atoms with Crippen LogP contribution in [0.2, 0.25) is 0 Å². The number of rotatable bonds is 5. The van der Waals surface area contributed by atoms with Crippen LogP contribution < -0.4 is 16.0 Å². The third-order valence-corrected chi connectivity index (χ3v) is 3.55. The van der Waals surface area contributed by atoms with Gasteiger partial charge in [0.05, 0.1) is 13.2 Å². The van der Waals surface area contributed by atoms with Crippen molar-refractivity contribution in [3.05, 3.63) is 65.2 Å². The van der Waals surface area contributed by atoms with Gasteiger partial charge in [-0.15, -0.1) is 0 Å². The van der Waals surface area contributed by atoms with E-state index in [-0.39, 0.29) is 6.04 Å². The molecule has 20 heavy (non-hydrogen) atoms. The summed E-state index contributed by atoms with van der Waals surface area (Å²) in [6.07, 6.45) is 0. The lowest BCUT2D eigenvalue weighted by molar-refractivity contribution is 0.404. The highest BCUT2D eigenvalue weighted by Gasteiger charge is 2.16. The van der Waals surface area contributed by atoms with E-state index in [0.717, 1.165) is 16.9 Å². The second kappa shape index (κ2) is 6.55. The van der Waals surface area contributed by atoms with Crippen LogP contribution in [0.4, 0.5) is 0 Å². The van der Waals surface area contributed by atoms with E-state index in [1.807, 2.05) is 24.3 Å². The summed E-state index contributed by atoms with van der Waals surface area (Å²) in [6, 6.07) is 16.4. The SMILES string of the molecule is COc1ccccc1C(NN)c1ccc(C(C)C)cc1. The van der Waals surface area contributed by atoms with Gasteiger partial charge in [0.2, 0.25) is 0 Å². The summed E-state index contributed by atoms with van der Waals surface area (Å²) in [6.45, 7) is 4.38. The van der Waals surface area contributed by atoms with Gasteiger partial charge in [-0.2, -0.15) is 0 Å². The molecule has 106 valence electrons. The van der Waals surface area contributed by atoms with Gasteiger partial charge in [-0.05, 0) is 23.1 Å². The first-order valence-electron chi connectivity index (χ1n) is 6.86. The zero-order valence-electron chi connectivity index (χ0n) is 12.3. The van der Waals surface area contributed by atoms with E-state index < -0.39 is 0 Å². The van der Waals surface area contributed by atoms with Crippen molar-refractivity contribution in [2.75, 3.05) is 7.11 Å². The summed E-state index contributed by atoms with van der Waals surface area (Å²) < 4.78 is 5.42. The number of para-hydroxylation sites is 1. The highest BCUT2D eigenvalue weighted by Crippen LogP contribution is 2.30. The third-order valence-electron chi connectivity index (χ3n) is 3.55. The Bertz CT molecular complexity index is 549. The molecule has 0 aromatic heterocycles. The van der Waals surface area contributed by atoms with Gasteiger partial charge in [0.1, 0.15) is 5.75 Å². The fourth-order valence-corrected chi connectivity index (χ4v) is 2.34. The largest absolute Gasteiger partial charge is 0.496 e. The van der Waals surface area contributed by atoms with Gasteiger partial charge in [-0.1, -0.05) is 56.3 Å². The number of hydrogen-bond donors (Lipinski definition) is 2. The first-order chi connectivity index (χ1) is 9.67. The number of methoxy groups -OCH3 is 1. The summed E-state index contributed by atoms with van der Waals surface area (Å²) in [5.41, 5.74) is 6.36. The number of nitrogens with two attached hydrogens (primary N) is 1. The molecule has 2 aromatic rings. The highest BCUT2D eigenvalue weighted by atomic mass is 16.5. The Labute approximate surface area is 120 Å². The zero-order chi connectivity index (χ0) is 14.5. The Morgan fingerprint density at radius 3 is 2.10 bits per heavy atom. The fourth-order valence-electron chi connectivity index (χ4n) is 2.34. The molecule has 0 fully saturated rings. The molecule has 0 aliphatic heterocycles. The van der Waals surface area contributed by atoms with Crippen molar-refractivity contribution in [2.45, 2.75) is 25.8 Å². The maximum atomic E-state index is 5.75. The Morgan fingerprint density at radius 2 is 1.55 bits per heavy atom. The van der Waals surface area contributed by atoms with Crippen molar-refractivity contribution in [1.29, 1.82) is 0 Å². The van der Waals surface area contributed by atoms with Crippen LogP contribution in [0.5, 0.6) is 5.75 Å². The topological polar surface area (TPSA) is 47.3 Å². The second-order valence-electron chi connectivity index (χ2n) is 5.16. The van der Waals surface area contributed by atoms with Gasteiger partial charge >= 0.3 is 0 Å². The van der Waals surface area contributed by atoms with E-state index in [1.165, 1.54) is 5.56 Å². The van der Waals surface area contributed by atoms with E-state index in [2.05, 4.69) is 43.5 Å². The predicted octanol–water partition coefficient (Wildman–Crippen LogP) is 3.37. The molecule has 1 atom stereocenters. The van der Waals surface area contributed by atoms with Crippen molar-refractivity contribution in [3.63, 3.8) is 0 Å². The first kappa shape index (κ1) is 14.6. The molecule has 3 N–H and O–H groups in total. The van der Waals surface area contributed by atoms with Crippen molar-refractivity contribution in [1.82, 2.24) is 5.43 Å². The van der Waals surface area contributed by atoms with Crippen LogP contribution >= 0.6 is 0 Å². The molecule has 2 aromatic carbocycles. The second-order valence-corrected chi connectivity index (χ2v) is 5.16. The van der Waals surface area contributed by atoms with Crippen molar-refractivity contribution in [2.24, 2.45) is 5.84 Å². The summed E-state index contributed by atoms with van der Waals surface area (Å²) >= 11 is 0. The minimum Gasteiger partial charge on any atom is -0.496 e. The molecule has 0 amide bonds. The molecule has 1 unspecified atom stereocenters. The summed E-state index contributed by atoms with van der Waals surface area (Å²) in [7, 11) is 1.67. The van der Waals surface area contributed by atoms with Crippen molar-refractivity contribution in [3.8, 4) is 5.75 Å². The monoisotopic (exact) mass is 270 g/mol. The smallest absolute Gasteiger partial charge is 0.124 e. The number of nitrogens with one attached hydrogen (secondary N) is 1. The zero-order valence-corrected chi connectivity index (χ0v) is 12.3. The molecular formula is C17H22N2O. The minimum absolute atomic E-state index is 0.0765. The lowest BCUT2D eigenvalue weighted by Gasteiger charge is -2.20. The number of hydrogen-bond acceptors (Lipinski definition) is 3. The molecule has 3 heteroatoms. The summed E-state index contributed by atoms with van der Waals surface area (Å²) in [5, 5.41) is 0. The van der Waals surface area contributed by atoms with E-state index >= 15 is 0 Å². The van der Waals surface area contributed by atoms with Gasteiger partial charge in [-0.3, -0.25) is 5.84 Å². The normalized spacial score (nSPS) is 12.4. The quantitative estimate of drug-likeness (QED) is 0.647. The molecule has 0 aliphatic carbocycles. The Kier molecular flexibility index (Phi) is 4.77. The Hall–Kier alpha value is -1.84. The predicted molar refractivity (Wildman–Crippen MR) is 82.7 cm³/mol. The van der Waals surface area contributed by atoms with Crippen LogP contribution in [0, 0.1) is 0 Å². The van der Waals surface area contributed by atoms with Gasteiger partial charge < -0.3 is 4.74 Å². The van der Waals surface area contributed by atoms with Crippen LogP contribution in [0.1, 0.15) is 42.5 Å². The molecule has 0 aliphatic rings. The molecule has 3 nitrogen and oxygen atoms in total. The van der Waals surface area contributed by atoms with Crippen LogP contribution in [0.3, 0.4) is 0 Å². The van der Waals surface area contributed by atoms with Crippen LogP contribution in [0.25, 0.3) is 0 Å². The summed E-state index contributed by atoms with van der Waals surface area (Å²) in [4.78, 5) is 0. The molecule has 2 rings (SSSR count). The maximum absolute atomic E-state index is 5.75. The van der Waals surface area contributed by atoms with Gasteiger partial charge in [0.15, 0.2) is 0 Å². The summed E-state index contributed by atoms with van der Waals surface area (Å²) in [5.74, 6) is 7.12. The lowest BCUT2D eigenvalue weighted by atomic mass is 9.95. The van der Waals surface area contributed by atoms with Gasteiger partial charge in [0, 0.05) is 5.56 Å². The Morgan fingerprint density at radius 1 is 0.950 bits per heavy atom. The number of hydrazine groups is 1. The number of ether oxygens (including phenoxy) is 1. The first-order valence-corrected chi connectivity index (χ1v) is 6.86. The molecule has 0 radical (unpaired) electrons. The van der Waals surface area contributed by atoms with E-state index in [9.17, 15) is 0 Å². The van der Waals surface area contributed by atoms with Gasteiger partial charge in [-0.25, -0.2) is 5.43 Å². The minimum atomic E-state index is -0.0765. The van der Waals surface area contributed by atoms with E-state index in [4.69, 9.17) is 10.6 Å². The van der Waals surface area contributed by atoms with Crippen LogP contribution in [0.15, 0.2) is 48.5 Å². The average Bonchev–Trinajstić information content (AvgIpc) is 2.49. The van der Waals surface area contributed by atoms with E-state index in [0.29, 0.717) is 5.92 Å². The van der Waals surface area contributed by atoms with Crippen LogP contribution in [-0.2, 0) is 0 Å². The third kappa shape index (κ3) is 3.00. The lowest BCUT2D eigenvalue weighted by Crippen LogP contribution is -2.29. The maximum Gasteiger partial charge on any atom is 0.124 e. The molecular weight excluding hydrogens is 248 g/mol. The molecule has 0 heterocycles. The Balaban J connectivity index is 2.36. The molecule has 0 bridgehead atoms. The van der Waals surface area contributed by atoms with Crippen molar-refractivity contribution < 1.29 is 4.74 Å². The van der Waals surface area contributed by atoms with Crippen LogP contribution in [-0.4, -0.2) is 7.11 Å².